The molecule has 3 unspecified atom stereocenters. The summed E-state index contributed by atoms with van der Waals surface area (Å²) in [5, 5.41) is 0. The van der Waals surface area contributed by atoms with E-state index in [4.69, 9.17) is 15.2 Å². The van der Waals surface area contributed by atoms with Crippen LogP contribution in [0.25, 0.3) is 0 Å². The number of para-hydroxylation sites is 1. The first-order valence-electron chi connectivity index (χ1n) is 7.46. The Kier molecular flexibility index (Phi) is 4.60. The van der Waals surface area contributed by atoms with Gasteiger partial charge in [-0.05, 0) is 39.3 Å². The van der Waals surface area contributed by atoms with E-state index in [1.54, 1.807) is 0 Å². The van der Waals surface area contributed by atoms with E-state index in [0.717, 1.165) is 17.9 Å². The molecule has 0 radical (unpaired) electrons. The Bertz CT molecular complexity index is 518. The van der Waals surface area contributed by atoms with Crippen LogP contribution in [-0.2, 0) is 9.53 Å². The van der Waals surface area contributed by atoms with Gasteiger partial charge in [-0.1, -0.05) is 13.0 Å². The van der Waals surface area contributed by atoms with Gasteiger partial charge in [0.05, 0.1) is 18.3 Å². The average molecular weight is 292 g/mol. The molecule has 1 aromatic carbocycles. The number of anilines is 2. The summed E-state index contributed by atoms with van der Waals surface area (Å²) in [6.45, 7) is 8.32. The van der Waals surface area contributed by atoms with Gasteiger partial charge >= 0.3 is 5.97 Å². The van der Waals surface area contributed by atoms with Crippen LogP contribution in [0.5, 0.6) is 5.75 Å². The van der Waals surface area contributed by atoms with Gasteiger partial charge in [0.2, 0.25) is 0 Å². The number of carbonyl (C=O) groups is 1. The number of hydrogen-bond donors (Lipinski definition) is 1. The van der Waals surface area contributed by atoms with Crippen molar-refractivity contribution in [3.8, 4) is 5.75 Å². The van der Waals surface area contributed by atoms with Crippen molar-refractivity contribution in [2.45, 2.75) is 52.4 Å². The van der Waals surface area contributed by atoms with Crippen molar-refractivity contribution >= 4 is 17.3 Å². The van der Waals surface area contributed by atoms with Crippen molar-refractivity contribution in [3.05, 3.63) is 18.2 Å². The normalized spacial score (nSPS) is 20.2. The summed E-state index contributed by atoms with van der Waals surface area (Å²) in [7, 11) is 0. The van der Waals surface area contributed by atoms with Crippen molar-refractivity contribution in [1.29, 1.82) is 0 Å². The molecule has 0 spiro atoms. The van der Waals surface area contributed by atoms with Crippen molar-refractivity contribution in [3.63, 3.8) is 0 Å². The minimum Gasteiger partial charge on any atom is -0.487 e. The van der Waals surface area contributed by atoms with Crippen LogP contribution in [0.2, 0.25) is 0 Å². The molecule has 0 bridgehead atoms. The third kappa shape index (κ3) is 3.23. The number of benzene rings is 1. The highest BCUT2D eigenvalue weighted by Crippen LogP contribution is 2.39. The highest BCUT2D eigenvalue weighted by atomic mass is 16.5. The average Bonchev–Trinajstić information content (AvgIpc) is 2.45. The molecule has 1 aliphatic heterocycles. The second kappa shape index (κ2) is 6.24. The number of rotatable bonds is 4. The van der Waals surface area contributed by atoms with Gasteiger partial charge in [0.1, 0.15) is 23.6 Å². The molecule has 2 rings (SSSR count). The smallest absolute Gasteiger partial charge is 0.328 e. The summed E-state index contributed by atoms with van der Waals surface area (Å²) in [5.74, 6) is 0.490. The lowest BCUT2D eigenvalue weighted by Gasteiger charge is -2.38. The minimum atomic E-state index is -0.395. The van der Waals surface area contributed by atoms with Gasteiger partial charge in [-0.15, -0.1) is 0 Å². The lowest BCUT2D eigenvalue weighted by atomic mass is 10.1. The minimum absolute atomic E-state index is 0.00171. The number of ether oxygens (including phenoxy) is 2. The van der Waals surface area contributed by atoms with Crippen LogP contribution >= 0.6 is 0 Å². The molecule has 2 N–H and O–H groups in total. The highest BCUT2D eigenvalue weighted by molar-refractivity contribution is 5.85. The first-order valence-corrected chi connectivity index (χ1v) is 7.46. The third-order valence-corrected chi connectivity index (χ3v) is 3.80. The summed E-state index contributed by atoms with van der Waals surface area (Å²) in [5.41, 5.74) is 7.46. The molecule has 5 nitrogen and oxygen atoms in total. The van der Waals surface area contributed by atoms with Gasteiger partial charge in [0, 0.05) is 0 Å². The lowest BCUT2D eigenvalue weighted by Crippen LogP contribution is -2.48. The molecule has 116 valence electrons. The predicted molar refractivity (Wildman–Crippen MR) is 83.6 cm³/mol. The third-order valence-electron chi connectivity index (χ3n) is 3.80. The Balaban J connectivity index is 2.26. The SMILES string of the molecule is CCC(C)OC(=O)C(C)N1CC(C)Oc2cccc(N)c21. The maximum atomic E-state index is 12.3. The monoisotopic (exact) mass is 292 g/mol. The predicted octanol–water partition coefficient (Wildman–Crippen LogP) is 2.59. The first kappa shape index (κ1) is 15.5. The molecule has 1 aliphatic rings. The summed E-state index contributed by atoms with van der Waals surface area (Å²) in [4.78, 5) is 14.3. The number of hydrogen-bond acceptors (Lipinski definition) is 5. The van der Waals surface area contributed by atoms with Gasteiger partial charge in [-0.2, -0.15) is 0 Å². The fraction of sp³-hybridized carbons (Fsp3) is 0.562. The first-order chi connectivity index (χ1) is 9.93. The maximum Gasteiger partial charge on any atom is 0.328 e. The standard InChI is InChI=1S/C16H24N2O3/c1-5-10(2)21-16(19)12(4)18-9-11(3)20-14-8-6-7-13(17)15(14)18/h6-8,10-12H,5,9,17H2,1-4H3. The molecule has 0 aliphatic carbocycles. The van der Waals surface area contributed by atoms with Crippen LogP contribution in [0.3, 0.4) is 0 Å². The summed E-state index contributed by atoms with van der Waals surface area (Å²) in [6.07, 6.45) is 0.723. The van der Waals surface area contributed by atoms with E-state index in [0.29, 0.717) is 12.2 Å². The number of nitrogen functional groups attached to an aromatic ring is 1. The molecule has 0 fully saturated rings. The fourth-order valence-corrected chi connectivity index (χ4v) is 2.42. The van der Waals surface area contributed by atoms with Crippen LogP contribution in [0.4, 0.5) is 11.4 Å². The van der Waals surface area contributed by atoms with Crippen LogP contribution in [0.15, 0.2) is 18.2 Å². The Morgan fingerprint density at radius 3 is 2.90 bits per heavy atom. The summed E-state index contributed by atoms with van der Waals surface area (Å²) < 4.78 is 11.2. The van der Waals surface area contributed by atoms with Crippen LogP contribution < -0.4 is 15.4 Å². The Labute approximate surface area is 126 Å². The Morgan fingerprint density at radius 1 is 1.52 bits per heavy atom. The maximum absolute atomic E-state index is 12.3. The van der Waals surface area contributed by atoms with Gasteiger partial charge < -0.3 is 20.1 Å². The summed E-state index contributed by atoms with van der Waals surface area (Å²) in [6, 6.07) is 5.15. The van der Waals surface area contributed by atoms with Gasteiger partial charge in [-0.25, -0.2) is 4.79 Å². The number of nitrogens with zero attached hydrogens (tertiary/aromatic N) is 1. The largest absolute Gasteiger partial charge is 0.487 e. The molecule has 0 saturated carbocycles. The highest BCUT2D eigenvalue weighted by Gasteiger charge is 2.32. The van der Waals surface area contributed by atoms with Gasteiger partial charge in [0.15, 0.2) is 0 Å². The van der Waals surface area contributed by atoms with Crippen molar-refractivity contribution in [2.75, 3.05) is 17.2 Å². The zero-order valence-electron chi connectivity index (χ0n) is 13.1. The van der Waals surface area contributed by atoms with E-state index >= 15 is 0 Å². The van der Waals surface area contributed by atoms with Crippen molar-refractivity contribution in [2.24, 2.45) is 0 Å². The molecule has 0 aromatic heterocycles. The molecule has 0 amide bonds. The van der Waals surface area contributed by atoms with E-state index < -0.39 is 6.04 Å². The molecule has 3 atom stereocenters. The van der Waals surface area contributed by atoms with E-state index in [-0.39, 0.29) is 18.2 Å². The van der Waals surface area contributed by atoms with E-state index in [9.17, 15) is 4.79 Å². The van der Waals surface area contributed by atoms with Crippen molar-refractivity contribution in [1.82, 2.24) is 0 Å². The zero-order chi connectivity index (χ0) is 15.6. The summed E-state index contributed by atoms with van der Waals surface area (Å²) >= 11 is 0. The molecular formula is C16H24N2O3. The molecule has 0 saturated heterocycles. The molecule has 5 heteroatoms. The van der Waals surface area contributed by atoms with E-state index in [1.165, 1.54) is 0 Å². The van der Waals surface area contributed by atoms with E-state index in [1.807, 2.05) is 50.8 Å². The second-order valence-electron chi connectivity index (χ2n) is 5.61. The lowest BCUT2D eigenvalue weighted by molar-refractivity contribution is -0.149. The molecule has 21 heavy (non-hydrogen) atoms. The zero-order valence-corrected chi connectivity index (χ0v) is 13.1. The molecule has 1 heterocycles. The Hall–Kier alpha value is -1.91. The number of nitrogens with two attached hydrogens (primary N) is 1. The van der Waals surface area contributed by atoms with Gasteiger partial charge in [-0.3, -0.25) is 0 Å². The van der Waals surface area contributed by atoms with E-state index in [2.05, 4.69) is 0 Å². The number of esters is 1. The Morgan fingerprint density at radius 2 is 2.24 bits per heavy atom. The second-order valence-corrected chi connectivity index (χ2v) is 5.61. The fourth-order valence-electron chi connectivity index (χ4n) is 2.42. The molecule has 1 aromatic rings. The van der Waals surface area contributed by atoms with Crippen molar-refractivity contribution < 1.29 is 14.3 Å². The topological polar surface area (TPSA) is 64.8 Å². The van der Waals surface area contributed by atoms with Gasteiger partial charge in [0.25, 0.3) is 0 Å². The van der Waals surface area contributed by atoms with Crippen LogP contribution in [0, 0.1) is 0 Å². The van der Waals surface area contributed by atoms with Crippen LogP contribution in [-0.4, -0.2) is 30.8 Å². The number of carbonyl (C=O) groups excluding carboxylic acids is 1. The molecular weight excluding hydrogens is 268 g/mol. The quantitative estimate of drug-likeness (QED) is 0.682. The number of fused-ring (bicyclic) bond motifs is 1. The van der Waals surface area contributed by atoms with Crippen LogP contribution in [0.1, 0.15) is 34.1 Å².